The molecule has 4 bridgehead atoms. The smallest absolute Gasteiger partial charge is 0.174 e. The summed E-state index contributed by atoms with van der Waals surface area (Å²) in [7, 11) is 0. The van der Waals surface area contributed by atoms with Gasteiger partial charge in [0.15, 0.2) is 5.79 Å². The van der Waals surface area contributed by atoms with E-state index in [9.17, 15) is 4.79 Å². The van der Waals surface area contributed by atoms with Gasteiger partial charge in [-0.25, -0.2) is 0 Å². The van der Waals surface area contributed by atoms with Gasteiger partial charge in [0, 0.05) is 24.2 Å². The molecule has 0 unspecified atom stereocenters. The van der Waals surface area contributed by atoms with Crippen molar-refractivity contribution in [3.8, 4) is 0 Å². The molecular formula is C14H20O3. The third kappa shape index (κ3) is 1.04. The van der Waals surface area contributed by atoms with Gasteiger partial charge in [-0.2, -0.15) is 0 Å². The van der Waals surface area contributed by atoms with Crippen molar-refractivity contribution < 1.29 is 14.3 Å². The largest absolute Gasteiger partial charge is 0.347 e. The van der Waals surface area contributed by atoms with Crippen LogP contribution in [0.5, 0.6) is 0 Å². The quantitative estimate of drug-likeness (QED) is 0.646. The number of ketones is 1. The molecular weight excluding hydrogens is 216 g/mol. The highest BCUT2D eigenvalue weighted by atomic mass is 16.7. The molecule has 3 heteroatoms. The summed E-state index contributed by atoms with van der Waals surface area (Å²) in [5, 5.41) is 0. The average molecular weight is 236 g/mol. The van der Waals surface area contributed by atoms with E-state index in [4.69, 9.17) is 9.47 Å². The summed E-state index contributed by atoms with van der Waals surface area (Å²) in [6, 6.07) is 0. The first kappa shape index (κ1) is 10.5. The predicted octanol–water partition coefficient (Wildman–Crippen LogP) is 2.14. The fourth-order valence-corrected chi connectivity index (χ4v) is 5.40. The molecule has 5 rings (SSSR count). The van der Waals surface area contributed by atoms with Gasteiger partial charge < -0.3 is 9.47 Å². The van der Waals surface area contributed by atoms with Crippen molar-refractivity contribution in [2.45, 2.75) is 45.3 Å². The lowest BCUT2D eigenvalue weighted by molar-refractivity contribution is -0.304. The van der Waals surface area contributed by atoms with Gasteiger partial charge in [0.2, 0.25) is 0 Å². The molecule has 1 heterocycles. The summed E-state index contributed by atoms with van der Waals surface area (Å²) in [5.41, 5.74) is 0.263. The third-order valence-corrected chi connectivity index (χ3v) is 6.00. The number of ether oxygens (including phenoxy) is 2. The van der Waals surface area contributed by atoms with Crippen molar-refractivity contribution in [2.75, 3.05) is 13.2 Å². The predicted molar refractivity (Wildman–Crippen MR) is 61.3 cm³/mol. The first-order valence-electron chi connectivity index (χ1n) is 6.79. The second-order valence-corrected chi connectivity index (χ2v) is 7.11. The van der Waals surface area contributed by atoms with Crippen molar-refractivity contribution >= 4 is 5.78 Å². The molecule has 3 nitrogen and oxygen atoms in total. The Kier molecular flexibility index (Phi) is 1.71. The van der Waals surface area contributed by atoms with Crippen LogP contribution in [0.15, 0.2) is 0 Å². The van der Waals surface area contributed by atoms with Gasteiger partial charge in [-0.3, -0.25) is 4.79 Å². The maximum absolute atomic E-state index is 12.1. The Morgan fingerprint density at radius 3 is 2.47 bits per heavy atom. The zero-order valence-corrected chi connectivity index (χ0v) is 10.6. The summed E-state index contributed by atoms with van der Waals surface area (Å²) >= 11 is 0. The number of carbonyl (C=O) groups is 1. The first-order valence-corrected chi connectivity index (χ1v) is 6.79. The molecule has 0 amide bonds. The normalized spacial score (nSPS) is 54.8. The fourth-order valence-electron chi connectivity index (χ4n) is 5.40. The second-order valence-electron chi connectivity index (χ2n) is 7.11. The number of Topliss-reactive ketones (excluding diaryl/α,β-unsaturated/α-hetero) is 1. The zero-order chi connectivity index (χ0) is 11.9. The second kappa shape index (κ2) is 2.77. The standard InChI is InChI=1S/C14H20O3/c1-12-7-11(15)9-5-13(2,8-12)14(6-10(9)12)16-3-4-17-14/h9-10H,3-8H2,1-2H3/t9-,10+,12+,13-/m1/s1. The molecule has 1 saturated heterocycles. The van der Waals surface area contributed by atoms with Crippen LogP contribution in [0.4, 0.5) is 0 Å². The van der Waals surface area contributed by atoms with Gasteiger partial charge in [0.1, 0.15) is 5.78 Å². The lowest BCUT2D eigenvalue weighted by Crippen LogP contribution is -2.61. The van der Waals surface area contributed by atoms with Crippen LogP contribution in [0.25, 0.3) is 0 Å². The Morgan fingerprint density at radius 2 is 1.88 bits per heavy atom. The minimum atomic E-state index is -0.363. The molecule has 94 valence electrons. The maximum atomic E-state index is 12.1. The molecule has 0 aromatic carbocycles. The van der Waals surface area contributed by atoms with Gasteiger partial charge >= 0.3 is 0 Å². The SMILES string of the molecule is C[C@]12CC(=O)[C@@H]3C[C@](C)(C1)C1(C[C@@H]32)OCCO1. The van der Waals surface area contributed by atoms with E-state index in [0.717, 1.165) is 38.9 Å². The Bertz CT molecular complexity index is 398. The number of hydrogen-bond acceptors (Lipinski definition) is 3. The van der Waals surface area contributed by atoms with Crippen LogP contribution >= 0.6 is 0 Å². The molecule has 0 aromatic rings. The summed E-state index contributed by atoms with van der Waals surface area (Å²) in [5.74, 6) is 0.916. The Balaban J connectivity index is 1.81. The molecule has 17 heavy (non-hydrogen) atoms. The fraction of sp³-hybridized carbons (Fsp3) is 0.929. The molecule has 0 aromatic heterocycles. The van der Waals surface area contributed by atoms with Crippen LogP contribution < -0.4 is 0 Å². The highest BCUT2D eigenvalue weighted by molar-refractivity contribution is 5.85. The van der Waals surface area contributed by atoms with E-state index in [1.165, 1.54) is 0 Å². The van der Waals surface area contributed by atoms with E-state index in [1.54, 1.807) is 0 Å². The Hall–Kier alpha value is -0.410. The van der Waals surface area contributed by atoms with Crippen LogP contribution in [-0.4, -0.2) is 24.8 Å². The Labute approximate surface area is 102 Å². The molecule has 1 spiro atoms. The molecule has 0 N–H and O–H groups in total. The van der Waals surface area contributed by atoms with Crippen molar-refractivity contribution in [3.63, 3.8) is 0 Å². The Morgan fingerprint density at radius 1 is 1.18 bits per heavy atom. The van der Waals surface area contributed by atoms with Crippen LogP contribution in [0, 0.1) is 22.7 Å². The summed E-state index contributed by atoms with van der Waals surface area (Å²) in [6.45, 7) is 6.02. The molecule has 4 saturated carbocycles. The number of rotatable bonds is 0. The average Bonchev–Trinajstić information content (AvgIpc) is 2.75. The van der Waals surface area contributed by atoms with E-state index < -0.39 is 0 Å². The van der Waals surface area contributed by atoms with Crippen molar-refractivity contribution in [1.82, 2.24) is 0 Å². The van der Waals surface area contributed by atoms with E-state index >= 15 is 0 Å². The van der Waals surface area contributed by atoms with E-state index in [0.29, 0.717) is 11.7 Å². The molecule has 4 aliphatic carbocycles. The number of hydrogen-bond donors (Lipinski definition) is 0. The van der Waals surface area contributed by atoms with Gasteiger partial charge in [0.25, 0.3) is 0 Å². The van der Waals surface area contributed by atoms with E-state index in [2.05, 4.69) is 13.8 Å². The van der Waals surface area contributed by atoms with E-state index in [-0.39, 0.29) is 22.5 Å². The van der Waals surface area contributed by atoms with Crippen molar-refractivity contribution in [2.24, 2.45) is 22.7 Å². The van der Waals surface area contributed by atoms with Crippen LogP contribution in [0.3, 0.4) is 0 Å². The molecule has 5 aliphatic rings. The lowest BCUT2D eigenvalue weighted by atomic mass is 9.48. The van der Waals surface area contributed by atoms with Gasteiger partial charge in [-0.05, 0) is 24.2 Å². The molecule has 5 fully saturated rings. The topological polar surface area (TPSA) is 35.5 Å². The first-order chi connectivity index (χ1) is 7.98. The summed E-state index contributed by atoms with van der Waals surface area (Å²) in [6.07, 6.45) is 3.80. The van der Waals surface area contributed by atoms with Crippen molar-refractivity contribution in [3.05, 3.63) is 0 Å². The molecule has 1 aliphatic heterocycles. The minimum Gasteiger partial charge on any atom is -0.347 e. The summed E-state index contributed by atoms with van der Waals surface area (Å²) in [4.78, 5) is 12.1. The highest BCUT2D eigenvalue weighted by Crippen LogP contribution is 2.71. The van der Waals surface area contributed by atoms with Gasteiger partial charge in [-0.15, -0.1) is 0 Å². The van der Waals surface area contributed by atoms with E-state index in [1.807, 2.05) is 0 Å². The van der Waals surface area contributed by atoms with Gasteiger partial charge in [0.05, 0.1) is 13.2 Å². The highest BCUT2D eigenvalue weighted by Gasteiger charge is 2.71. The number of carbonyl (C=O) groups excluding carboxylic acids is 1. The van der Waals surface area contributed by atoms with Crippen LogP contribution in [-0.2, 0) is 14.3 Å². The monoisotopic (exact) mass is 236 g/mol. The zero-order valence-electron chi connectivity index (χ0n) is 10.6. The molecule has 4 atom stereocenters. The minimum absolute atomic E-state index is 0.0455. The lowest BCUT2D eigenvalue weighted by Gasteiger charge is -2.61. The van der Waals surface area contributed by atoms with Crippen LogP contribution in [0.2, 0.25) is 0 Å². The van der Waals surface area contributed by atoms with Gasteiger partial charge in [-0.1, -0.05) is 13.8 Å². The summed E-state index contributed by atoms with van der Waals surface area (Å²) < 4.78 is 12.0. The third-order valence-electron chi connectivity index (χ3n) is 6.00. The van der Waals surface area contributed by atoms with Crippen LogP contribution in [0.1, 0.15) is 39.5 Å². The van der Waals surface area contributed by atoms with Crippen molar-refractivity contribution in [1.29, 1.82) is 0 Å². The molecule has 0 radical (unpaired) electrons. The maximum Gasteiger partial charge on any atom is 0.174 e.